The first-order valence-corrected chi connectivity index (χ1v) is 7.03. The zero-order valence-electron chi connectivity index (χ0n) is 11.0. The number of aromatic nitrogens is 2. The topological polar surface area (TPSA) is 29.9 Å². The second-order valence-electron chi connectivity index (χ2n) is 4.37. The summed E-state index contributed by atoms with van der Waals surface area (Å²) < 4.78 is 2.14. The second kappa shape index (κ2) is 6.42. The molecule has 0 saturated carbocycles. The molecule has 0 saturated heterocycles. The molecule has 0 fully saturated rings. The van der Waals surface area contributed by atoms with Crippen molar-refractivity contribution < 1.29 is 0 Å². The lowest BCUT2D eigenvalue weighted by Crippen LogP contribution is -2.22. The quantitative estimate of drug-likeness (QED) is 0.912. The van der Waals surface area contributed by atoms with E-state index in [1.165, 1.54) is 0 Å². The minimum absolute atomic E-state index is 0.159. The van der Waals surface area contributed by atoms with Crippen molar-refractivity contribution in [3.63, 3.8) is 0 Å². The van der Waals surface area contributed by atoms with Crippen LogP contribution in [0.5, 0.6) is 0 Å². The molecule has 2 rings (SSSR count). The number of benzene rings is 1. The molecule has 0 radical (unpaired) electrons. The summed E-state index contributed by atoms with van der Waals surface area (Å²) in [5.74, 6) is 1.04. The summed E-state index contributed by atoms with van der Waals surface area (Å²) in [6.07, 6.45) is 4.65. The number of likely N-dealkylation sites (N-methyl/N-ethyl adjacent to an activating group) is 1. The van der Waals surface area contributed by atoms with Crippen LogP contribution in [0.3, 0.4) is 0 Å². The Hall–Kier alpha value is -1.03. The van der Waals surface area contributed by atoms with Crippen molar-refractivity contribution in [2.45, 2.75) is 25.9 Å². The highest BCUT2D eigenvalue weighted by Gasteiger charge is 2.15. The zero-order valence-corrected chi connectivity index (χ0v) is 12.5. The van der Waals surface area contributed by atoms with Gasteiger partial charge in [0.15, 0.2) is 0 Å². The highest BCUT2D eigenvalue weighted by molar-refractivity contribution is 6.42. The van der Waals surface area contributed by atoms with Crippen molar-refractivity contribution in [2.75, 3.05) is 7.05 Å². The van der Waals surface area contributed by atoms with Gasteiger partial charge in [-0.25, -0.2) is 4.98 Å². The van der Waals surface area contributed by atoms with Crippen LogP contribution < -0.4 is 5.32 Å². The number of hydrogen-bond donors (Lipinski definition) is 1. The van der Waals surface area contributed by atoms with E-state index in [1.807, 2.05) is 37.6 Å². The smallest absolute Gasteiger partial charge is 0.126 e. The van der Waals surface area contributed by atoms with E-state index < -0.39 is 0 Å². The van der Waals surface area contributed by atoms with Gasteiger partial charge in [0, 0.05) is 18.9 Å². The fourth-order valence-electron chi connectivity index (χ4n) is 2.12. The van der Waals surface area contributed by atoms with Gasteiger partial charge in [0.05, 0.1) is 16.1 Å². The molecule has 0 bridgehead atoms. The summed E-state index contributed by atoms with van der Waals surface area (Å²) >= 11 is 12.0. The van der Waals surface area contributed by atoms with Crippen LogP contribution in [-0.2, 0) is 13.0 Å². The van der Waals surface area contributed by atoms with Gasteiger partial charge in [0.2, 0.25) is 0 Å². The van der Waals surface area contributed by atoms with Crippen molar-refractivity contribution in [2.24, 2.45) is 0 Å². The summed E-state index contributed by atoms with van der Waals surface area (Å²) in [6.45, 7) is 3.02. The van der Waals surface area contributed by atoms with E-state index in [2.05, 4.69) is 21.8 Å². The molecule has 3 nitrogen and oxygen atoms in total. The molecule has 0 spiro atoms. The molecule has 1 aromatic heterocycles. The third-order valence-corrected chi connectivity index (χ3v) is 3.91. The van der Waals surface area contributed by atoms with Crippen molar-refractivity contribution in [3.8, 4) is 0 Å². The fraction of sp³-hybridized carbons (Fsp3) is 0.357. The number of aryl methyl sites for hydroxylation is 1. The molecule has 5 heteroatoms. The predicted molar refractivity (Wildman–Crippen MR) is 79.9 cm³/mol. The summed E-state index contributed by atoms with van der Waals surface area (Å²) in [7, 11) is 1.94. The number of nitrogens with one attached hydrogen (secondary N) is 1. The Labute approximate surface area is 123 Å². The zero-order chi connectivity index (χ0) is 13.8. The Morgan fingerprint density at radius 3 is 2.74 bits per heavy atom. The Morgan fingerprint density at radius 1 is 1.32 bits per heavy atom. The van der Waals surface area contributed by atoms with Crippen LogP contribution >= 0.6 is 23.2 Å². The molecule has 1 aromatic carbocycles. The molecule has 0 amide bonds. The molecule has 1 heterocycles. The van der Waals surface area contributed by atoms with Crippen LogP contribution in [0.4, 0.5) is 0 Å². The Morgan fingerprint density at radius 2 is 2.11 bits per heavy atom. The fourth-order valence-corrected chi connectivity index (χ4v) is 2.44. The lowest BCUT2D eigenvalue weighted by Gasteiger charge is -2.17. The highest BCUT2D eigenvalue weighted by Crippen LogP contribution is 2.25. The number of hydrogen-bond acceptors (Lipinski definition) is 2. The lowest BCUT2D eigenvalue weighted by atomic mass is 10.1. The summed E-state index contributed by atoms with van der Waals surface area (Å²) in [5, 5.41) is 4.48. The van der Waals surface area contributed by atoms with Crippen LogP contribution in [0.15, 0.2) is 30.6 Å². The minimum atomic E-state index is 0.159. The van der Waals surface area contributed by atoms with Gasteiger partial charge in [-0.15, -0.1) is 0 Å². The molecule has 0 aliphatic heterocycles. The van der Waals surface area contributed by atoms with Gasteiger partial charge in [-0.05, 0) is 38.1 Å². The maximum absolute atomic E-state index is 6.05. The Kier molecular flexibility index (Phi) is 4.86. The first-order chi connectivity index (χ1) is 9.15. The van der Waals surface area contributed by atoms with E-state index in [1.54, 1.807) is 0 Å². The van der Waals surface area contributed by atoms with Crippen molar-refractivity contribution >= 4 is 23.2 Å². The molecule has 102 valence electrons. The normalized spacial score (nSPS) is 12.6. The van der Waals surface area contributed by atoms with Crippen LogP contribution in [0.25, 0.3) is 0 Å². The first-order valence-electron chi connectivity index (χ1n) is 6.28. The maximum Gasteiger partial charge on any atom is 0.126 e. The molecule has 19 heavy (non-hydrogen) atoms. The monoisotopic (exact) mass is 297 g/mol. The minimum Gasteiger partial charge on any atom is -0.334 e. The average Bonchev–Trinajstić information content (AvgIpc) is 2.88. The Balaban J connectivity index is 2.21. The van der Waals surface area contributed by atoms with E-state index in [9.17, 15) is 0 Å². The van der Waals surface area contributed by atoms with Gasteiger partial charge in [-0.1, -0.05) is 29.3 Å². The number of imidazole rings is 1. The van der Waals surface area contributed by atoms with Gasteiger partial charge in [0.25, 0.3) is 0 Å². The number of halogens is 2. The van der Waals surface area contributed by atoms with Gasteiger partial charge >= 0.3 is 0 Å². The van der Waals surface area contributed by atoms with Crippen LogP contribution in [0.2, 0.25) is 10.0 Å². The van der Waals surface area contributed by atoms with Crippen LogP contribution in [-0.4, -0.2) is 16.6 Å². The van der Waals surface area contributed by atoms with Gasteiger partial charge in [-0.3, -0.25) is 0 Å². The summed E-state index contributed by atoms with van der Waals surface area (Å²) in [6, 6.07) is 5.90. The van der Waals surface area contributed by atoms with E-state index in [0.717, 1.165) is 24.4 Å². The first kappa shape index (κ1) is 14.4. The van der Waals surface area contributed by atoms with Crippen molar-refractivity contribution in [3.05, 3.63) is 52.0 Å². The van der Waals surface area contributed by atoms with Crippen molar-refractivity contribution in [1.29, 1.82) is 0 Å². The number of rotatable bonds is 5. The lowest BCUT2D eigenvalue weighted by molar-refractivity contribution is 0.523. The van der Waals surface area contributed by atoms with E-state index in [4.69, 9.17) is 23.2 Å². The van der Waals surface area contributed by atoms with E-state index in [0.29, 0.717) is 10.0 Å². The van der Waals surface area contributed by atoms with Crippen LogP contribution in [0, 0.1) is 0 Å². The summed E-state index contributed by atoms with van der Waals surface area (Å²) in [5.41, 5.74) is 1.14. The predicted octanol–water partition coefficient (Wildman–Crippen LogP) is 3.71. The third-order valence-electron chi connectivity index (χ3n) is 3.17. The molecule has 1 N–H and O–H groups in total. The van der Waals surface area contributed by atoms with E-state index >= 15 is 0 Å². The van der Waals surface area contributed by atoms with Crippen molar-refractivity contribution in [1.82, 2.24) is 14.9 Å². The molecule has 0 aliphatic rings. The van der Waals surface area contributed by atoms with E-state index in [-0.39, 0.29) is 6.04 Å². The molecule has 0 aliphatic carbocycles. The van der Waals surface area contributed by atoms with Crippen LogP contribution in [0.1, 0.15) is 24.4 Å². The molecule has 1 atom stereocenters. The third kappa shape index (κ3) is 3.30. The van der Waals surface area contributed by atoms with Gasteiger partial charge < -0.3 is 9.88 Å². The molecular weight excluding hydrogens is 281 g/mol. The molecule has 2 aromatic rings. The standard InChI is InChI=1S/C14H17Cl2N3/c1-3-19-7-6-18-14(19)13(17-2)9-10-4-5-11(15)12(16)8-10/h4-8,13,17H,3,9H2,1-2H3. The SMILES string of the molecule is CCn1ccnc1C(Cc1ccc(Cl)c(Cl)c1)NC. The number of nitrogens with zero attached hydrogens (tertiary/aromatic N) is 2. The summed E-state index contributed by atoms with van der Waals surface area (Å²) in [4.78, 5) is 4.44. The molecule has 1 unspecified atom stereocenters. The average molecular weight is 298 g/mol. The largest absolute Gasteiger partial charge is 0.334 e. The second-order valence-corrected chi connectivity index (χ2v) is 5.18. The van der Waals surface area contributed by atoms with Gasteiger partial charge in [-0.2, -0.15) is 0 Å². The molecular formula is C14H17Cl2N3. The Bertz CT molecular complexity index is 551. The highest BCUT2D eigenvalue weighted by atomic mass is 35.5. The maximum atomic E-state index is 6.05. The van der Waals surface area contributed by atoms with Gasteiger partial charge in [0.1, 0.15) is 5.82 Å².